The number of benzene rings is 2. The van der Waals surface area contributed by atoms with Crippen LogP contribution in [0.1, 0.15) is 57.1 Å². The fraction of sp³-hybridized carbons (Fsp3) is 0.517. The summed E-state index contributed by atoms with van der Waals surface area (Å²) in [7, 11) is -3.85. The number of sulfonamides is 1. The zero-order valence-electron chi connectivity index (χ0n) is 23.2. The second-order valence-corrected chi connectivity index (χ2v) is 12.5. The average molecular weight is 577 g/mol. The number of nitrogens with one attached hydrogen (secondary N) is 1. The van der Waals surface area contributed by atoms with Gasteiger partial charge in [0.2, 0.25) is 15.9 Å². The minimum Gasteiger partial charge on any atom is -0.338 e. The van der Waals surface area contributed by atoms with Gasteiger partial charge in [0.25, 0.3) is 0 Å². The normalized spacial score (nSPS) is 14.4. The Bertz CT molecular complexity index is 1200. The topological polar surface area (TPSA) is 90.0 Å². The van der Waals surface area contributed by atoms with E-state index in [2.05, 4.69) is 12.2 Å². The van der Waals surface area contributed by atoms with Gasteiger partial charge in [-0.2, -0.15) is 4.31 Å². The number of likely N-dealkylation sites (tertiary alicyclic amines) is 1. The highest BCUT2D eigenvalue weighted by Crippen LogP contribution is 2.23. The minimum absolute atomic E-state index is 0.0760. The van der Waals surface area contributed by atoms with Crippen molar-refractivity contribution in [2.24, 2.45) is 0 Å². The van der Waals surface area contributed by atoms with Crippen LogP contribution in [0.15, 0.2) is 53.4 Å². The van der Waals surface area contributed by atoms with Crippen LogP contribution in [-0.2, 0) is 21.4 Å². The van der Waals surface area contributed by atoms with E-state index < -0.39 is 10.0 Å². The van der Waals surface area contributed by atoms with E-state index in [4.69, 9.17) is 11.6 Å². The Labute approximate surface area is 238 Å². The number of nitrogens with zero attached hydrogens (tertiary/aromatic N) is 3. The molecule has 1 aliphatic rings. The number of aryl methyl sites for hydroxylation is 1. The van der Waals surface area contributed by atoms with Gasteiger partial charge in [-0.3, -0.25) is 4.79 Å². The summed E-state index contributed by atoms with van der Waals surface area (Å²) >= 11 is 6.22. The average Bonchev–Trinajstić information content (AvgIpc) is 2.92. The first-order valence-corrected chi connectivity index (χ1v) is 15.6. The maximum Gasteiger partial charge on any atom is 0.317 e. The number of urea groups is 1. The Hall–Kier alpha value is -2.62. The van der Waals surface area contributed by atoms with Crippen molar-refractivity contribution >= 4 is 33.6 Å². The molecule has 214 valence electrons. The molecule has 0 radical (unpaired) electrons. The molecule has 3 amide bonds. The molecule has 0 spiro atoms. The summed E-state index contributed by atoms with van der Waals surface area (Å²) in [5.41, 5.74) is 1.84. The van der Waals surface area contributed by atoms with Crippen molar-refractivity contribution in [3.05, 3.63) is 64.7 Å². The summed E-state index contributed by atoms with van der Waals surface area (Å²) in [5.74, 6) is -0.259. The summed E-state index contributed by atoms with van der Waals surface area (Å²) in [6.45, 7) is 7.90. The minimum atomic E-state index is -3.85. The molecule has 1 N–H and O–H groups in total. The number of hydrogen-bond acceptors (Lipinski definition) is 4. The van der Waals surface area contributed by atoms with E-state index in [1.807, 2.05) is 32.0 Å². The van der Waals surface area contributed by atoms with Crippen molar-refractivity contribution in [3.63, 3.8) is 0 Å². The van der Waals surface area contributed by atoms with E-state index in [-0.39, 0.29) is 36.0 Å². The first-order valence-electron chi connectivity index (χ1n) is 13.8. The van der Waals surface area contributed by atoms with Gasteiger partial charge in [0, 0.05) is 43.8 Å². The van der Waals surface area contributed by atoms with Gasteiger partial charge in [-0.05, 0) is 62.4 Å². The lowest BCUT2D eigenvalue weighted by molar-refractivity contribution is -0.135. The predicted octanol–water partition coefficient (Wildman–Crippen LogP) is 5.05. The van der Waals surface area contributed by atoms with Crippen LogP contribution < -0.4 is 5.32 Å². The van der Waals surface area contributed by atoms with Crippen LogP contribution in [0.4, 0.5) is 4.79 Å². The van der Waals surface area contributed by atoms with E-state index in [0.717, 1.165) is 24.0 Å². The first-order chi connectivity index (χ1) is 18.6. The standard InChI is InChI=1S/C29H41ClN4O4S/c1-4-6-16-31-29(36)32-18-14-26(15-19-32)34(21-24-8-7-9-25(30)20-24)28(35)22-33(17-5-2)39(37,38)27-12-10-23(3)11-13-27/h7-13,20,26H,4-6,14-19,21-22H2,1-3H3,(H,31,36). The number of piperidine rings is 1. The molecule has 2 aromatic carbocycles. The second-order valence-electron chi connectivity index (χ2n) is 10.1. The summed E-state index contributed by atoms with van der Waals surface area (Å²) in [5, 5.41) is 3.54. The molecule has 0 aromatic heterocycles. The number of hydrogen-bond donors (Lipinski definition) is 1. The molecule has 1 heterocycles. The lowest BCUT2D eigenvalue weighted by atomic mass is 10.0. The van der Waals surface area contributed by atoms with Crippen molar-refractivity contribution in [2.75, 3.05) is 32.7 Å². The number of halogens is 1. The Morgan fingerprint density at radius 1 is 1.05 bits per heavy atom. The zero-order chi connectivity index (χ0) is 28.4. The summed E-state index contributed by atoms with van der Waals surface area (Å²) in [6.07, 6.45) is 3.76. The third-order valence-electron chi connectivity index (χ3n) is 7.00. The van der Waals surface area contributed by atoms with Gasteiger partial charge >= 0.3 is 6.03 Å². The molecule has 0 saturated carbocycles. The molecule has 0 unspecified atom stereocenters. The maximum absolute atomic E-state index is 13.8. The molecule has 1 fully saturated rings. The van der Waals surface area contributed by atoms with Crippen LogP contribution in [0.3, 0.4) is 0 Å². The number of rotatable bonds is 12. The summed E-state index contributed by atoms with van der Waals surface area (Å²) in [4.78, 5) is 30.1. The highest BCUT2D eigenvalue weighted by atomic mass is 35.5. The second kappa shape index (κ2) is 14.7. The molecular weight excluding hydrogens is 536 g/mol. The summed E-state index contributed by atoms with van der Waals surface area (Å²) in [6, 6.07) is 13.9. The van der Waals surface area contributed by atoms with Crippen LogP contribution in [-0.4, -0.2) is 73.2 Å². The quantitative estimate of drug-likeness (QED) is 0.358. The Morgan fingerprint density at radius 3 is 2.36 bits per heavy atom. The lowest BCUT2D eigenvalue weighted by Crippen LogP contribution is -2.52. The third-order valence-corrected chi connectivity index (χ3v) is 9.10. The van der Waals surface area contributed by atoms with E-state index in [1.165, 1.54) is 4.31 Å². The van der Waals surface area contributed by atoms with Gasteiger partial charge in [-0.15, -0.1) is 0 Å². The molecule has 2 aromatic rings. The Balaban J connectivity index is 1.79. The first kappa shape index (κ1) is 30.9. The Kier molecular flexibility index (Phi) is 11.6. The largest absolute Gasteiger partial charge is 0.338 e. The smallest absolute Gasteiger partial charge is 0.317 e. The molecule has 0 bridgehead atoms. The van der Waals surface area contributed by atoms with Gasteiger partial charge in [0.15, 0.2) is 0 Å². The highest BCUT2D eigenvalue weighted by Gasteiger charge is 2.33. The number of carbonyl (C=O) groups excluding carboxylic acids is 2. The molecule has 8 nitrogen and oxygen atoms in total. The highest BCUT2D eigenvalue weighted by molar-refractivity contribution is 7.89. The summed E-state index contributed by atoms with van der Waals surface area (Å²) < 4.78 is 28.2. The molecule has 1 saturated heterocycles. The molecule has 0 atom stereocenters. The van der Waals surface area contributed by atoms with Crippen molar-refractivity contribution < 1.29 is 18.0 Å². The zero-order valence-corrected chi connectivity index (χ0v) is 24.8. The van der Waals surface area contributed by atoms with Gasteiger partial charge in [0.1, 0.15) is 0 Å². The van der Waals surface area contributed by atoms with Gasteiger partial charge < -0.3 is 15.1 Å². The monoisotopic (exact) mass is 576 g/mol. The van der Waals surface area contributed by atoms with Crippen LogP contribution >= 0.6 is 11.6 Å². The maximum atomic E-state index is 13.8. The van der Waals surface area contributed by atoms with E-state index in [0.29, 0.717) is 50.5 Å². The van der Waals surface area contributed by atoms with E-state index in [1.54, 1.807) is 40.1 Å². The molecule has 3 rings (SSSR count). The van der Waals surface area contributed by atoms with Crippen molar-refractivity contribution in [3.8, 4) is 0 Å². The Morgan fingerprint density at radius 2 is 1.74 bits per heavy atom. The third kappa shape index (κ3) is 8.68. The van der Waals surface area contributed by atoms with Gasteiger partial charge in [-0.25, -0.2) is 13.2 Å². The van der Waals surface area contributed by atoms with Crippen LogP contribution in [0.5, 0.6) is 0 Å². The fourth-order valence-corrected chi connectivity index (χ4v) is 6.45. The fourth-order valence-electron chi connectivity index (χ4n) is 4.75. The number of unbranched alkanes of at least 4 members (excludes halogenated alkanes) is 1. The van der Waals surface area contributed by atoms with Crippen molar-refractivity contribution in [1.82, 2.24) is 19.4 Å². The molecule has 0 aliphatic carbocycles. The molecule has 10 heteroatoms. The number of carbonyl (C=O) groups is 2. The van der Waals surface area contributed by atoms with Gasteiger partial charge in [-0.1, -0.05) is 61.7 Å². The molecular formula is C29H41ClN4O4S. The lowest BCUT2D eigenvalue weighted by Gasteiger charge is -2.39. The van der Waals surface area contributed by atoms with Crippen LogP contribution in [0.25, 0.3) is 0 Å². The number of amides is 3. The van der Waals surface area contributed by atoms with Crippen molar-refractivity contribution in [2.45, 2.75) is 70.4 Å². The predicted molar refractivity (Wildman–Crippen MR) is 155 cm³/mol. The van der Waals surface area contributed by atoms with Crippen molar-refractivity contribution in [1.29, 1.82) is 0 Å². The van der Waals surface area contributed by atoms with Gasteiger partial charge in [0.05, 0.1) is 11.4 Å². The van der Waals surface area contributed by atoms with E-state index >= 15 is 0 Å². The van der Waals surface area contributed by atoms with Crippen LogP contribution in [0.2, 0.25) is 5.02 Å². The molecule has 39 heavy (non-hydrogen) atoms. The van der Waals surface area contributed by atoms with E-state index in [9.17, 15) is 18.0 Å². The van der Waals surface area contributed by atoms with Crippen LogP contribution in [0, 0.1) is 6.92 Å². The molecule has 1 aliphatic heterocycles. The SMILES string of the molecule is CCCCNC(=O)N1CCC(N(Cc2cccc(Cl)c2)C(=O)CN(CCC)S(=O)(=O)c2ccc(C)cc2)CC1.